The Hall–Kier alpha value is -2.74. The molecule has 1 N–H and O–H groups in total. The summed E-state index contributed by atoms with van der Waals surface area (Å²) in [7, 11) is 3.47. The molecular formula is C17H19N3O5. The van der Waals surface area contributed by atoms with Gasteiger partial charge in [-0.1, -0.05) is 0 Å². The second-order valence-corrected chi connectivity index (χ2v) is 6.09. The van der Waals surface area contributed by atoms with Crippen LogP contribution in [0.1, 0.15) is 33.6 Å². The minimum absolute atomic E-state index is 0.106. The first-order valence-electron chi connectivity index (χ1n) is 7.99. The number of nitrogens with one attached hydrogen (secondary N) is 1. The third kappa shape index (κ3) is 3.00. The highest BCUT2D eigenvalue weighted by atomic mass is 16.5. The van der Waals surface area contributed by atoms with E-state index in [0.29, 0.717) is 13.2 Å². The molecule has 3 rings (SSSR count). The lowest BCUT2D eigenvalue weighted by Crippen LogP contribution is -2.54. The summed E-state index contributed by atoms with van der Waals surface area (Å²) in [5.41, 5.74) is 1.33. The summed E-state index contributed by atoms with van der Waals surface area (Å²) in [4.78, 5) is 51.5. The van der Waals surface area contributed by atoms with Crippen LogP contribution in [0.4, 0.5) is 5.69 Å². The Morgan fingerprint density at radius 1 is 1.20 bits per heavy atom. The van der Waals surface area contributed by atoms with Gasteiger partial charge in [0, 0.05) is 32.8 Å². The molecule has 0 bridgehead atoms. The first-order chi connectivity index (χ1) is 11.9. The van der Waals surface area contributed by atoms with Crippen LogP contribution < -0.4 is 10.2 Å². The summed E-state index contributed by atoms with van der Waals surface area (Å²) in [6, 6.07) is 4.06. The van der Waals surface area contributed by atoms with Crippen LogP contribution in [-0.2, 0) is 14.3 Å². The molecule has 1 unspecified atom stereocenters. The van der Waals surface area contributed by atoms with Crippen LogP contribution in [0.2, 0.25) is 0 Å². The van der Waals surface area contributed by atoms with Gasteiger partial charge < -0.3 is 9.64 Å². The smallest absolute Gasteiger partial charge is 0.262 e. The zero-order chi connectivity index (χ0) is 18.1. The number of amides is 4. The third-order valence-electron chi connectivity index (χ3n) is 4.49. The highest BCUT2D eigenvalue weighted by Crippen LogP contribution is 2.30. The van der Waals surface area contributed by atoms with E-state index in [1.165, 1.54) is 0 Å². The lowest BCUT2D eigenvalue weighted by Gasteiger charge is -2.27. The number of imide groups is 2. The molecule has 1 atom stereocenters. The predicted molar refractivity (Wildman–Crippen MR) is 88.3 cm³/mol. The average molecular weight is 345 g/mol. The number of carbonyl (C=O) groups is 4. The van der Waals surface area contributed by atoms with Crippen LogP contribution >= 0.6 is 0 Å². The fourth-order valence-corrected chi connectivity index (χ4v) is 3.05. The maximum Gasteiger partial charge on any atom is 0.262 e. The monoisotopic (exact) mass is 345 g/mol. The van der Waals surface area contributed by atoms with Crippen molar-refractivity contribution in [2.75, 3.05) is 32.2 Å². The third-order valence-corrected chi connectivity index (χ3v) is 4.49. The van der Waals surface area contributed by atoms with E-state index in [1.54, 1.807) is 25.3 Å². The largest absolute Gasteiger partial charge is 0.383 e. The van der Waals surface area contributed by atoms with Gasteiger partial charge in [-0.25, -0.2) is 0 Å². The van der Waals surface area contributed by atoms with Gasteiger partial charge >= 0.3 is 0 Å². The second-order valence-electron chi connectivity index (χ2n) is 6.09. The molecule has 2 aliphatic rings. The molecule has 0 radical (unpaired) electrons. The van der Waals surface area contributed by atoms with E-state index in [2.05, 4.69) is 5.32 Å². The zero-order valence-electron chi connectivity index (χ0n) is 14.1. The molecule has 1 fully saturated rings. The van der Waals surface area contributed by atoms with Crippen molar-refractivity contribution in [3.63, 3.8) is 0 Å². The van der Waals surface area contributed by atoms with Crippen molar-refractivity contribution in [1.29, 1.82) is 0 Å². The van der Waals surface area contributed by atoms with E-state index in [0.717, 1.165) is 10.6 Å². The maximum absolute atomic E-state index is 12.7. The van der Waals surface area contributed by atoms with Crippen molar-refractivity contribution in [3.8, 4) is 0 Å². The predicted octanol–water partition coefficient (Wildman–Crippen LogP) is 0.170. The Morgan fingerprint density at radius 3 is 2.60 bits per heavy atom. The van der Waals surface area contributed by atoms with Crippen molar-refractivity contribution < 1.29 is 23.9 Å². The lowest BCUT2D eigenvalue weighted by molar-refractivity contribution is -0.136. The number of nitrogens with zero attached hydrogens (tertiary/aromatic N) is 2. The number of benzene rings is 1. The summed E-state index contributed by atoms with van der Waals surface area (Å²) in [5, 5.41) is 2.18. The number of likely N-dealkylation sites (N-methyl/N-ethyl adjacent to an activating group) is 1. The lowest BCUT2D eigenvalue weighted by atomic mass is 10.0. The summed E-state index contributed by atoms with van der Waals surface area (Å²) in [6.45, 7) is 1.16. The molecule has 132 valence electrons. The van der Waals surface area contributed by atoms with E-state index in [-0.39, 0.29) is 29.9 Å². The Morgan fingerprint density at radius 2 is 1.92 bits per heavy atom. The quantitative estimate of drug-likeness (QED) is 0.765. The van der Waals surface area contributed by atoms with E-state index < -0.39 is 23.8 Å². The van der Waals surface area contributed by atoms with E-state index in [1.807, 2.05) is 11.9 Å². The Bertz CT molecular complexity index is 761. The SMILES string of the molecule is COCCN(C)c1ccc2c(c1)C(=O)N(C1CCC(=O)NC1=O)C2=O. The number of hydrogen-bond donors (Lipinski definition) is 1. The molecule has 2 heterocycles. The van der Waals surface area contributed by atoms with Gasteiger partial charge in [0.15, 0.2) is 0 Å². The van der Waals surface area contributed by atoms with Crippen molar-refractivity contribution in [2.24, 2.45) is 0 Å². The summed E-state index contributed by atoms with van der Waals surface area (Å²) >= 11 is 0. The Balaban J connectivity index is 1.86. The molecule has 0 saturated carbocycles. The first kappa shape index (κ1) is 17.1. The Kier molecular flexibility index (Phi) is 4.54. The van der Waals surface area contributed by atoms with Gasteiger partial charge in [-0.2, -0.15) is 0 Å². The molecule has 0 aromatic heterocycles. The van der Waals surface area contributed by atoms with E-state index >= 15 is 0 Å². The van der Waals surface area contributed by atoms with Gasteiger partial charge in [-0.15, -0.1) is 0 Å². The van der Waals surface area contributed by atoms with Crippen LogP contribution in [-0.4, -0.2) is 61.9 Å². The number of rotatable bonds is 5. The Labute approximate surface area is 144 Å². The van der Waals surface area contributed by atoms with Gasteiger partial charge in [0.05, 0.1) is 17.7 Å². The number of ether oxygens (including phenoxy) is 1. The fraction of sp³-hybridized carbons (Fsp3) is 0.412. The topological polar surface area (TPSA) is 96.0 Å². The molecule has 1 aromatic rings. The number of methoxy groups -OCH3 is 1. The zero-order valence-corrected chi connectivity index (χ0v) is 14.1. The van der Waals surface area contributed by atoms with Gasteiger partial charge in [0.1, 0.15) is 6.04 Å². The molecule has 8 nitrogen and oxygen atoms in total. The molecule has 0 spiro atoms. The van der Waals surface area contributed by atoms with Crippen LogP contribution in [0.15, 0.2) is 18.2 Å². The fourth-order valence-electron chi connectivity index (χ4n) is 3.05. The van der Waals surface area contributed by atoms with Gasteiger partial charge in [-0.05, 0) is 24.6 Å². The van der Waals surface area contributed by atoms with Crippen molar-refractivity contribution in [2.45, 2.75) is 18.9 Å². The molecule has 25 heavy (non-hydrogen) atoms. The number of carbonyl (C=O) groups excluding carboxylic acids is 4. The van der Waals surface area contributed by atoms with E-state index in [9.17, 15) is 19.2 Å². The number of hydrogen-bond acceptors (Lipinski definition) is 6. The highest BCUT2D eigenvalue weighted by molar-refractivity contribution is 6.23. The van der Waals surface area contributed by atoms with Crippen LogP contribution in [0.25, 0.3) is 0 Å². The van der Waals surface area contributed by atoms with Crippen LogP contribution in [0.5, 0.6) is 0 Å². The summed E-state index contributed by atoms with van der Waals surface area (Å²) < 4.78 is 5.04. The molecule has 1 saturated heterocycles. The summed E-state index contributed by atoms with van der Waals surface area (Å²) in [6.07, 6.45) is 0.256. The minimum Gasteiger partial charge on any atom is -0.383 e. The normalized spacial score (nSPS) is 19.9. The second kappa shape index (κ2) is 6.64. The molecule has 2 aliphatic heterocycles. The molecule has 8 heteroatoms. The first-order valence-corrected chi connectivity index (χ1v) is 7.99. The average Bonchev–Trinajstić information content (AvgIpc) is 2.84. The minimum atomic E-state index is -0.945. The summed E-state index contributed by atoms with van der Waals surface area (Å²) in [5.74, 6) is -2.00. The van der Waals surface area contributed by atoms with Gasteiger partial charge in [0.25, 0.3) is 11.8 Å². The van der Waals surface area contributed by atoms with Gasteiger partial charge in [-0.3, -0.25) is 29.4 Å². The van der Waals surface area contributed by atoms with Crippen molar-refractivity contribution in [3.05, 3.63) is 29.3 Å². The number of anilines is 1. The van der Waals surface area contributed by atoms with E-state index in [4.69, 9.17) is 4.74 Å². The molecule has 0 aliphatic carbocycles. The van der Waals surface area contributed by atoms with Crippen molar-refractivity contribution >= 4 is 29.3 Å². The van der Waals surface area contributed by atoms with Crippen LogP contribution in [0.3, 0.4) is 0 Å². The molecular weight excluding hydrogens is 326 g/mol. The highest BCUT2D eigenvalue weighted by Gasteiger charge is 2.44. The number of piperidine rings is 1. The number of fused-ring (bicyclic) bond motifs is 1. The molecule has 4 amide bonds. The van der Waals surface area contributed by atoms with Crippen LogP contribution in [0, 0.1) is 0 Å². The van der Waals surface area contributed by atoms with Gasteiger partial charge in [0.2, 0.25) is 11.8 Å². The van der Waals surface area contributed by atoms with Crippen molar-refractivity contribution in [1.82, 2.24) is 10.2 Å². The standard InChI is InChI=1S/C17H19N3O5/c1-19(7-8-25-2)10-3-4-11-12(9-10)17(24)20(16(11)23)13-5-6-14(21)18-15(13)22/h3-4,9,13H,5-8H2,1-2H3,(H,18,21,22). The molecule has 1 aromatic carbocycles. The maximum atomic E-state index is 12.7.